The van der Waals surface area contributed by atoms with Gasteiger partial charge in [-0.15, -0.1) is 0 Å². The lowest BCUT2D eigenvalue weighted by Gasteiger charge is -2.40. The summed E-state index contributed by atoms with van der Waals surface area (Å²) in [5, 5.41) is 0. The minimum Gasteiger partial charge on any atom is -0.330 e. The average Bonchev–Trinajstić information content (AvgIpc) is 2.14. The highest BCUT2D eigenvalue weighted by Gasteiger charge is 2.45. The van der Waals surface area contributed by atoms with E-state index in [1.807, 2.05) is 0 Å². The minimum absolute atomic E-state index is 0.165. The van der Waals surface area contributed by atoms with Gasteiger partial charge in [-0.3, -0.25) is 4.79 Å². The van der Waals surface area contributed by atoms with Crippen LogP contribution in [0.25, 0.3) is 0 Å². The summed E-state index contributed by atoms with van der Waals surface area (Å²) in [5.74, 6) is -0.0934. The van der Waals surface area contributed by atoms with Gasteiger partial charge in [-0.25, -0.2) is 4.39 Å². The van der Waals surface area contributed by atoms with Crippen molar-refractivity contribution in [2.24, 2.45) is 5.73 Å². The highest BCUT2D eigenvalue weighted by molar-refractivity contribution is 5.88. The minimum atomic E-state index is -0.428. The molecule has 2 nitrogen and oxygen atoms in total. The third kappa shape index (κ3) is 1.24. The predicted octanol–water partition coefficient (Wildman–Crippen LogP) is 1.39. The molecule has 1 aliphatic carbocycles. The first-order chi connectivity index (χ1) is 6.68. The number of carbonyl (C=O) groups excluding carboxylic acids is 1. The van der Waals surface area contributed by atoms with Crippen LogP contribution in [0.1, 0.15) is 18.4 Å². The quantitative estimate of drug-likeness (QED) is 0.771. The van der Waals surface area contributed by atoms with E-state index in [1.165, 1.54) is 6.07 Å². The van der Waals surface area contributed by atoms with Crippen LogP contribution in [-0.4, -0.2) is 12.3 Å². The molecule has 3 heteroatoms. The monoisotopic (exact) mass is 193 g/mol. The van der Waals surface area contributed by atoms with Crippen molar-refractivity contribution < 1.29 is 9.18 Å². The second-order valence-corrected chi connectivity index (χ2v) is 3.86. The lowest BCUT2D eigenvalue weighted by Crippen LogP contribution is -2.48. The normalized spacial score (nSPS) is 19.1. The summed E-state index contributed by atoms with van der Waals surface area (Å²) in [4.78, 5) is 11.0. The van der Waals surface area contributed by atoms with Crippen molar-refractivity contribution in [2.45, 2.75) is 18.3 Å². The van der Waals surface area contributed by atoms with Gasteiger partial charge in [0.25, 0.3) is 0 Å². The number of ketones is 1. The summed E-state index contributed by atoms with van der Waals surface area (Å²) in [5.41, 5.74) is 5.77. The van der Waals surface area contributed by atoms with Crippen LogP contribution in [0.4, 0.5) is 4.39 Å². The van der Waals surface area contributed by atoms with E-state index in [0.29, 0.717) is 24.9 Å². The summed E-state index contributed by atoms with van der Waals surface area (Å²) in [6, 6.07) is 6.55. The maximum absolute atomic E-state index is 13.5. The van der Waals surface area contributed by atoms with Crippen molar-refractivity contribution in [3.63, 3.8) is 0 Å². The summed E-state index contributed by atoms with van der Waals surface area (Å²) >= 11 is 0. The van der Waals surface area contributed by atoms with Gasteiger partial charge in [0.2, 0.25) is 0 Å². The third-order valence-corrected chi connectivity index (χ3v) is 2.91. The van der Waals surface area contributed by atoms with E-state index < -0.39 is 5.41 Å². The topological polar surface area (TPSA) is 43.1 Å². The first-order valence-electron chi connectivity index (χ1n) is 4.65. The Kier molecular flexibility index (Phi) is 2.11. The molecule has 1 aromatic rings. The van der Waals surface area contributed by atoms with E-state index in [2.05, 4.69) is 0 Å². The smallest absolute Gasteiger partial charge is 0.134 e. The number of halogens is 1. The molecule has 14 heavy (non-hydrogen) atoms. The average molecular weight is 193 g/mol. The summed E-state index contributed by atoms with van der Waals surface area (Å²) < 4.78 is 13.5. The van der Waals surface area contributed by atoms with Crippen LogP contribution >= 0.6 is 0 Å². The first-order valence-corrected chi connectivity index (χ1v) is 4.65. The highest BCUT2D eigenvalue weighted by Crippen LogP contribution is 2.41. The molecule has 74 valence electrons. The molecule has 0 unspecified atom stereocenters. The Morgan fingerprint density at radius 3 is 2.50 bits per heavy atom. The molecule has 0 radical (unpaired) electrons. The Hall–Kier alpha value is -1.22. The van der Waals surface area contributed by atoms with Gasteiger partial charge in [0.1, 0.15) is 11.6 Å². The Bertz CT molecular complexity index is 367. The summed E-state index contributed by atoms with van der Waals surface area (Å²) in [7, 11) is 0. The SMILES string of the molecule is NCC1(c2ccccc2F)CC(=O)C1. The second kappa shape index (κ2) is 3.17. The number of benzene rings is 1. The lowest BCUT2D eigenvalue weighted by molar-refractivity contribution is -0.128. The molecular weight excluding hydrogens is 181 g/mol. The molecule has 1 fully saturated rings. The second-order valence-electron chi connectivity index (χ2n) is 3.86. The molecule has 0 bridgehead atoms. The maximum Gasteiger partial charge on any atom is 0.134 e. The van der Waals surface area contributed by atoms with E-state index in [0.717, 1.165) is 0 Å². The van der Waals surface area contributed by atoms with Gasteiger partial charge in [0.05, 0.1) is 0 Å². The highest BCUT2D eigenvalue weighted by atomic mass is 19.1. The number of carbonyl (C=O) groups is 1. The molecule has 1 aliphatic rings. The zero-order valence-corrected chi connectivity index (χ0v) is 7.79. The Labute approximate surface area is 81.9 Å². The van der Waals surface area contributed by atoms with Crippen molar-refractivity contribution in [1.29, 1.82) is 0 Å². The van der Waals surface area contributed by atoms with Crippen LogP contribution in [0.15, 0.2) is 24.3 Å². The zero-order chi connectivity index (χ0) is 10.2. The third-order valence-electron chi connectivity index (χ3n) is 2.91. The number of rotatable bonds is 2. The number of nitrogens with two attached hydrogens (primary N) is 1. The number of Topliss-reactive ketones (excluding diaryl/α,β-unsaturated/α-hetero) is 1. The van der Waals surface area contributed by atoms with E-state index >= 15 is 0 Å². The van der Waals surface area contributed by atoms with Crippen LogP contribution in [0, 0.1) is 5.82 Å². The Balaban J connectivity index is 2.38. The van der Waals surface area contributed by atoms with Gasteiger partial charge in [0, 0.05) is 24.8 Å². The van der Waals surface area contributed by atoms with Crippen LogP contribution in [-0.2, 0) is 10.2 Å². The molecular formula is C11H12FNO. The maximum atomic E-state index is 13.5. The molecule has 1 aromatic carbocycles. The van der Waals surface area contributed by atoms with E-state index in [1.54, 1.807) is 18.2 Å². The van der Waals surface area contributed by atoms with E-state index in [4.69, 9.17) is 5.73 Å². The molecule has 1 saturated carbocycles. The van der Waals surface area contributed by atoms with Crippen molar-refractivity contribution in [3.05, 3.63) is 35.6 Å². The van der Waals surface area contributed by atoms with Gasteiger partial charge < -0.3 is 5.73 Å². The molecule has 2 rings (SSSR count). The Morgan fingerprint density at radius 2 is 2.00 bits per heavy atom. The molecule has 0 atom stereocenters. The molecule has 2 N–H and O–H groups in total. The number of hydrogen-bond donors (Lipinski definition) is 1. The van der Waals surface area contributed by atoms with Gasteiger partial charge >= 0.3 is 0 Å². The molecule has 0 amide bonds. The van der Waals surface area contributed by atoms with Gasteiger partial charge in [0.15, 0.2) is 0 Å². The molecule has 0 saturated heterocycles. The van der Waals surface area contributed by atoms with Crippen molar-refractivity contribution in [1.82, 2.24) is 0 Å². The van der Waals surface area contributed by atoms with Gasteiger partial charge in [-0.05, 0) is 11.6 Å². The fourth-order valence-corrected chi connectivity index (χ4v) is 2.04. The van der Waals surface area contributed by atoms with Crippen molar-refractivity contribution in [2.75, 3.05) is 6.54 Å². The van der Waals surface area contributed by atoms with Crippen LogP contribution in [0.3, 0.4) is 0 Å². The molecule has 0 spiro atoms. The van der Waals surface area contributed by atoms with Gasteiger partial charge in [-0.2, -0.15) is 0 Å². The van der Waals surface area contributed by atoms with E-state index in [9.17, 15) is 9.18 Å². The number of hydrogen-bond acceptors (Lipinski definition) is 2. The van der Waals surface area contributed by atoms with Crippen molar-refractivity contribution in [3.8, 4) is 0 Å². The fourth-order valence-electron chi connectivity index (χ4n) is 2.04. The Morgan fingerprint density at radius 1 is 1.36 bits per heavy atom. The predicted molar refractivity (Wildman–Crippen MR) is 51.4 cm³/mol. The first kappa shape index (κ1) is 9.34. The summed E-state index contributed by atoms with van der Waals surface area (Å²) in [6.45, 7) is 0.333. The largest absolute Gasteiger partial charge is 0.330 e. The van der Waals surface area contributed by atoms with Crippen LogP contribution in [0.2, 0.25) is 0 Å². The molecule has 0 aliphatic heterocycles. The molecule has 0 heterocycles. The molecule has 0 aromatic heterocycles. The van der Waals surface area contributed by atoms with Crippen LogP contribution < -0.4 is 5.73 Å². The van der Waals surface area contributed by atoms with Gasteiger partial charge in [-0.1, -0.05) is 18.2 Å². The standard InChI is InChI=1S/C11H12FNO/c12-10-4-2-1-3-9(10)11(7-13)5-8(14)6-11/h1-4H,5-7,13H2. The van der Waals surface area contributed by atoms with Crippen molar-refractivity contribution >= 4 is 5.78 Å². The fraction of sp³-hybridized carbons (Fsp3) is 0.364. The van der Waals surface area contributed by atoms with Crippen LogP contribution in [0.5, 0.6) is 0 Å². The summed E-state index contributed by atoms with van der Waals surface area (Å²) in [6.07, 6.45) is 0.759. The van der Waals surface area contributed by atoms with E-state index in [-0.39, 0.29) is 11.6 Å². The zero-order valence-electron chi connectivity index (χ0n) is 7.79. The lowest BCUT2D eigenvalue weighted by atomic mass is 9.63.